The van der Waals surface area contributed by atoms with Crippen molar-refractivity contribution in [1.82, 2.24) is 0 Å². The number of benzene rings is 1. The SMILES string of the molecule is CCc1cc(C=O)ccc1C(=O)C(C)CC. The van der Waals surface area contributed by atoms with E-state index in [0.29, 0.717) is 5.56 Å². The number of hydrogen-bond donors (Lipinski definition) is 0. The minimum absolute atomic E-state index is 0.0485. The predicted molar refractivity (Wildman–Crippen MR) is 65.0 cm³/mol. The molecule has 1 unspecified atom stereocenters. The molecule has 86 valence electrons. The van der Waals surface area contributed by atoms with Gasteiger partial charge in [0.05, 0.1) is 0 Å². The van der Waals surface area contributed by atoms with E-state index in [9.17, 15) is 9.59 Å². The van der Waals surface area contributed by atoms with Gasteiger partial charge in [-0.25, -0.2) is 0 Å². The molecule has 0 aliphatic carbocycles. The number of ketones is 1. The van der Waals surface area contributed by atoms with Gasteiger partial charge in [-0.05, 0) is 24.5 Å². The molecule has 1 atom stereocenters. The van der Waals surface area contributed by atoms with Crippen molar-refractivity contribution < 1.29 is 9.59 Å². The molecule has 16 heavy (non-hydrogen) atoms. The minimum atomic E-state index is 0.0485. The van der Waals surface area contributed by atoms with E-state index >= 15 is 0 Å². The van der Waals surface area contributed by atoms with E-state index in [1.807, 2.05) is 26.8 Å². The molecule has 0 amide bonds. The molecule has 0 fully saturated rings. The molecule has 0 N–H and O–H groups in total. The second kappa shape index (κ2) is 5.59. The normalized spacial score (nSPS) is 12.2. The lowest BCUT2D eigenvalue weighted by molar-refractivity contribution is 0.0925. The van der Waals surface area contributed by atoms with Crippen molar-refractivity contribution in [2.24, 2.45) is 5.92 Å². The summed E-state index contributed by atoms with van der Waals surface area (Å²) >= 11 is 0. The summed E-state index contributed by atoms with van der Waals surface area (Å²) in [7, 11) is 0. The molecule has 0 radical (unpaired) electrons. The van der Waals surface area contributed by atoms with Crippen LogP contribution in [0.3, 0.4) is 0 Å². The number of hydrogen-bond acceptors (Lipinski definition) is 2. The first-order valence-electron chi connectivity index (χ1n) is 5.76. The lowest BCUT2D eigenvalue weighted by Crippen LogP contribution is -2.12. The highest BCUT2D eigenvalue weighted by atomic mass is 16.1. The van der Waals surface area contributed by atoms with Crippen LogP contribution in [0.15, 0.2) is 18.2 Å². The number of aryl methyl sites for hydroxylation is 1. The van der Waals surface area contributed by atoms with Crippen LogP contribution in [-0.4, -0.2) is 12.1 Å². The number of aldehydes is 1. The first-order chi connectivity index (χ1) is 7.63. The molecule has 0 aliphatic heterocycles. The fourth-order valence-corrected chi connectivity index (χ4v) is 1.67. The van der Waals surface area contributed by atoms with Crippen LogP contribution in [0, 0.1) is 5.92 Å². The smallest absolute Gasteiger partial charge is 0.165 e. The predicted octanol–water partition coefficient (Wildman–Crippen LogP) is 3.29. The Balaban J connectivity index is 3.13. The van der Waals surface area contributed by atoms with Crippen molar-refractivity contribution in [3.63, 3.8) is 0 Å². The molecule has 0 saturated heterocycles. The zero-order chi connectivity index (χ0) is 12.1. The largest absolute Gasteiger partial charge is 0.298 e. The van der Waals surface area contributed by atoms with Gasteiger partial charge in [-0.15, -0.1) is 0 Å². The molecule has 0 bridgehead atoms. The number of carbonyl (C=O) groups is 2. The maximum atomic E-state index is 12.1. The molecule has 0 spiro atoms. The van der Waals surface area contributed by atoms with Crippen LogP contribution in [0.1, 0.15) is 53.5 Å². The van der Waals surface area contributed by atoms with Gasteiger partial charge < -0.3 is 0 Å². The summed E-state index contributed by atoms with van der Waals surface area (Å²) in [6.45, 7) is 5.95. The zero-order valence-electron chi connectivity index (χ0n) is 10.1. The van der Waals surface area contributed by atoms with Gasteiger partial charge in [0.15, 0.2) is 5.78 Å². The van der Waals surface area contributed by atoms with Crippen molar-refractivity contribution in [3.05, 3.63) is 34.9 Å². The van der Waals surface area contributed by atoms with E-state index < -0.39 is 0 Å². The van der Waals surface area contributed by atoms with Crippen molar-refractivity contribution >= 4 is 12.1 Å². The maximum Gasteiger partial charge on any atom is 0.165 e. The summed E-state index contributed by atoms with van der Waals surface area (Å²) in [6, 6.07) is 5.29. The van der Waals surface area contributed by atoms with Gasteiger partial charge in [-0.2, -0.15) is 0 Å². The van der Waals surface area contributed by atoms with Crippen LogP contribution in [0.4, 0.5) is 0 Å². The average Bonchev–Trinajstić information content (AvgIpc) is 2.35. The van der Waals surface area contributed by atoms with Crippen molar-refractivity contribution in [3.8, 4) is 0 Å². The number of rotatable bonds is 5. The van der Waals surface area contributed by atoms with Crippen LogP contribution < -0.4 is 0 Å². The van der Waals surface area contributed by atoms with Crippen molar-refractivity contribution in [1.29, 1.82) is 0 Å². The molecule has 2 nitrogen and oxygen atoms in total. The summed E-state index contributed by atoms with van der Waals surface area (Å²) in [5.74, 6) is 0.226. The lowest BCUT2D eigenvalue weighted by atomic mass is 9.92. The first kappa shape index (κ1) is 12.6. The third-order valence-electron chi connectivity index (χ3n) is 2.97. The Bertz CT molecular complexity index is 394. The monoisotopic (exact) mass is 218 g/mol. The maximum absolute atomic E-state index is 12.1. The Labute approximate surface area is 96.7 Å². The lowest BCUT2D eigenvalue weighted by Gasteiger charge is -2.11. The molecule has 0 heterocycles. The molecular weight excluding hydrogens is 200 g/mol. The zero-order valence-corrected chi connectivity index (χ0v) is 10.1. The Morgan fingerprint density at radius 1 is 1.38 bits per heavy atom. The molecule has 1 aromatic carbocycles. The van der Waals surface area contributed by atoms with Gasteiger partial charge in [0.25, 0.3) is 0 Å². The van der Waals surface area contributed by atoms with E-state index in [4.69, 9.17) is 0 Å². The summed E-state index contributed by atoms with van der Waals surface area (Å²) in [4.78, 5) is 22.7. The molecular formula is C14H18O2. The fraction of sp³-hybridized carbons (Fsp3) is 0.429. The second-order valence-electron chi connectivity index (χ2n) is 4.06. The van der Waals surface area contributed by atoms with Crippen LogP contribution >= 0.6 is 0 Å². The molecule has 1 aromatic rings. The first-order valence-corrected chi connectivity index (χ1v) is 5.76. The highest BCUT2D eigenvalue weighted by Gasteiger charge is 2.16. The van der Waals surface area contributed by atoms with Gasteiger partial charge in [0.1, 0.15) is 6.29 Å². The fourth-order valence-electron chi connectivity index (χ4n) is 1.67. The van der Waals surface area contributed by atoms with E-state index in [1.54, 1.807) is 12.1 Å². The van der Waals surface area contributed by atoms with Gasteiger partial charge in [0.2, 0.25) is 0 Å². The van der Waals surface area contributed by atoms with Gasteiger partial charge >= 0.3 is 0 Å². The quantitative estimate of drug-likeness (QED) is 0.561. The minimum Gasteiger partial charge on any atom is -0.298 e. The Morgan fingerprint density at radius 3 is 2.56 bits per heavy atom. The highest BCUT2D eigenvalue weighted by Crippen LogP contribution is 2.18. The van der Waals surface area contributed by atoms with Gasteiger partial charge in [-0.1, -0.05) is 32.9 Å². The molecule has 0 saturated carbocycles. The van der Waals surface area contributed by atoms with E-state index in [0.717, 1.165) is 30.3 Å². The van der Waals surface area contributed by atoms with Gasteiger partial charge in [0, 0.05) is 17.0 Å². The summed E-state index contributed by atoms with van der Waals surface area (Å²) in [5.41, 5.74) is 2.37. The van der Waals surface area contributed by atoms with Crippen LogP contribution in [0.2, 0.25) is 0 Å². The van der Waals surface area contributed by atoms with E-state index in [1.165, 1.54) is 0 Å². The summed E-state index contributed by atoms with van der Waals surface area (Å²) in [6.07, 6.45) is 2.44. The Hall–Kier alpha value is -1.44. The Kier molecular flexibility index (Phi) is 4.41. The second-order valence-corrected chi connectivity index (χ2v) is 4.06. The molecule has 2 heteroatoms. The number of carbonyl (C=O) groups excluding carboxylic acids is 2. The van der Waals surface area contributed by atoms with Crippen molar-refractivity contribution in [2.45, 2.75) is 33.6 Å². The van der Waals surface area contributed by atoms with E-state index in [2.05, 4.69) is 0 Å². The van der Waals surface area contributed by atoms with Gasteiger partial charge in [-0.3, -0.25) is 9.59 Å². The molecule has 0 aromatic heterocycles. The molecule has 1 rings (SSSR count). The third-order valence-corrected chi connectivity index (χ3v) is 2.97. The highest BCUT2D eigenvalue weighted by molar-refractivity contribution is 5.99. The van der Waals surface area contributed by atoms with E-state index in [-0.39, 0.29) is 11.7 Å². The average molecular weight is 218 g/mol. The van der Waals surface area contributed by atoms with Crippen LogP contribution in [0.25, 0.3) is 0 Å². The third kappa shape index (κ3) is 2.57. The Morgan fingerprint density at radius 2 is 2.06 bits per heavy atom. The van der Waals surface area contributed by atoms with Crippen molar-refractivity contribution in [2.75, 3.05) is 0 Å². The van der Waals surface area contributed by atoms with Crippen LogP contribution in [0.5, 0.6) is 0 Å². The topological polar surface area (TPSA) is 34.1 Å². The van der Waals surface area contributed by atoms with Crippen LogP contribution in [-0.2, 0) is 6.42 Å². The summed E-state index contributed by atoms with van der Waals surface area (Å²) < 4.78 is 0. The standard InChI is InChI=1S/C14H18O2/c1-4-10(3)14(16)13-7-6-11(9-15)8-12(13)5-2/h6-10H,4-5H2,1-3H3. The number of Topliss-reactive ketones (excluding diaryl/α,β-unsaturated/α-hetero) is 1. The summed E-state index contributed by atoms with van der Waals surface area (Å²) in [5, 5.41) is 0. The molecule has 0 aliphatic rings.